The summed E-state index contributed by atoms with van der Waals surface area (Å²) in [5.74, 6) is 0.751. The Bertz CT molecular complexity index is 839. The molecule has 146 valence electrons. The summed E-state index contributed by atoms with van der Waals surface area (Å²) in [7, 11) is -3.73. The van der Waals surface area contributed by atoms with Crippen LogP contribution in [-0.4, -0.2) is 62.6 Å². The summed E-state index contributed by atoms with van der Waals surface area (Å²) in [5, 5.41) is 0.239. The SMILES string of the molecule is O=S(=O)(NCCCN1CCN(c2ncccn2)CC1)c1c(Cl)cccc1Cl. The van der Waals surface area contributed by atoms with E-state index >= 15 is 0 Å². The quantitative estimate of drug-likeness (QED) is 0.680. The summed E-state index contributed by atoms with van der Waals surface area (Å²) >= 11 is 12.0. The van der Waals surface area contributed by atoms with Crippen LogP contribution in [0.15, 0.2) is 41.6 Å². The van der Waals surface area contributed by atoms with Crippen LogP contribution in [0.2, 0.25) is 10.0 Å². The molecule has 2 heterocycles. The average molecular weight is 430 g/mol. The second-order valence-corrected chi connectivity index (χ2v) is 8.70. The van der Waals surface area contributed by atoms with Gasteiger partial charge in [-0.3, -0.25) is 4.90 Å². The molecule has 0 amide bonds. The smallest absolute Gasteiger partial charge is 0.243 e. The van der Waals surface area contributed by atoms with Gasteiger partial charge in [-0.15, -0.1) is 0 Å². The first-order valence-corrected chi connectivity index (χ1v) is 10.9. The molecule has 0 atom stereocenters. The Kier molecular flexibility index (Phi) is 6.88. The highest BCUT2D eigenvalue weighted by Gasteiger charge is 2.22. The van der Waals surface area contributed by atoms with Gasteiger partial charge < -0.3 is 4.90 Å². The molecule has 1 fully saturated rings. The molecule has 2 aromatic rings. The molecule has 0 bridgehead atoms. The molecule has 3 rings (SSSR count). The topological polar surface area (TPSA) is 78.4 Å². The summed E-state index contributed by atoms with van der Waals surface area (Å²) in [4.78, 5) is 12.9. The Morgan fingerprint density at radius 2 is 1.63 bits per heavy atom. The van der Waals surface area contributed by atoms with Crippen molar-refractivity contribution in [3.05, 3.63) is 46.7 Å². The molecule has 1 aliphatic rings. The number of hydrogen-bond donors (Lipinski definition) is 1. The number of hydrogen-bond acceptors (Lipinski definition) is 6. The van der Waals surface area contributed by atoms with Crippen LogP contribution in [-0.2, 0) is 10.0 Å². The molecule has 1 aliphatic heterocycles. The number of halogens is 2. The Labute approximate surface area is 169 Å². The van der Waals surface area contributed by atoms with Crippen molar-refractivity contribution in [1.82, 2.24) is 19.6 Å². The molecule has 1 saturated heterocycles. The van der Waals surface area contributed by atoms with Gasteiger partial charge in [0, 0.05) is 45.1 Å². The molecule has 1 aromatic heterocycles. The van der Waals surface area contributed by atoms with Crippen molar-refractivity contribution in [1.29, 1.82) is 0 Å². The summed E-state index contributed by atoms with van der Waals surface area (Å²) in [6.07, 6.45) is 4.18. The van der Waals surface area contributed by atoms with Crippen molar-refractivity contribution in [2.75, 3.05) is 44.2 Å². The van der Waals surface area contributed by atoms with Crippen molar-refractivity contribution in [3.8, 4) is 0 Å². The van der Waals surface area contributed by atoms with Gasteiger partial charge in [0.2, 0.25) is 16.0 Å². The van der Waals surface area contributed by atoms with E-state index in [4.69, 9.17) is 23.2 Å². The Morgan fingerprint density at radius 3 is 2.26 bits per heavy atom. The first-order valence-electron chi connectivity index (χ1n) is 8.65. The molecule has 1 aromatic carbocycles. The number of sulfonamides is 1. The molecular weight excluding hydrogens is 409 g/mol. The minimum Gasteiger partial charge on any atom is -0.338 e. The van der Waals surface area contributed by atoms with Gasteiger partial charge in [-0.1, -0.05) is 29.3 Å². The van der Waals surface area contributed by atoms with E-state index in [1.807, 2.05) is 0 Å². The van der Waals surface area contributed by atoms with E-state index in [1.165, 1.54) is 12.1 Å². The highest BCUT2D eigenvalue weighted by Crippen LogP contribution is 2.28. The zero-order valence-corrected chi connectivity index (χ0v) is 17.0. The fourth-order valence-electron chi connectivity index (χ4n) is 2.95. The van der Waals surface area contributed by atoms with Crippen LogP contribution in [0.4, 0.5) is 5.95 Å². The van der Waals surface area contributed by atoms with Gasteiger partial charge in [-0.2, -0.15) is 0 Å². The van der Waals surface area contributed by atoms with E-state index in [0.717, 1.165) is 38.7 Å². The number of nitrogens with zero attached hydrogens (tertiary/aromatic N) is 4. The van der Waals surface area contributed by atoms with Gasteiger partial charge in [0.15, 0.2) is 0 Å². The highest BCUT2D eigenvalue weighted by molar-refractivity contribution is 7.89. The fraction of sp³-hybridized carbons (Fsp3) is 0.412. The average Bonchev–Trinajstić information content (AvgIpc) is 2.66. The van der Waals surface area contributed by atoms with Crippen LogP contribution in [0.25, 0.3) is 0 Å². The van der Waals surface area contributed by atoms with Gasteiger partial charge in [-0.05, 0) is 31.2 Å². The monoisotopic (exact) mass is 429 g/mol. The lowest BCUT2D eigenvalue weighted by atomic mass is 10.3. The lowest BCUT2D eigenvalue weighted by Gasteiger charge is -2.34. The Balaban J connectivity index is 1.43. The molecule has 0 radical (unpaired) electrons. The largest absolute Gasteiger partial charge is 0.338 e. The second kappa shape index (κ2) is 9.16. The molecule has 0 spiro atoms. The van der Waals surface area contributed by atoms with E-state index < -0.39 is 10.0 Å². The minimum absolute atomic E-state index is 0.0650. The lowest BCUT2D eigenvalue weighted by Crippen LogP contribution is -2.47. The number of rotatable bonds is 7. The first kappa shape index (κ1) is 20.3. The van der Waals surface area contributed by atoms with Gasteiger partial charge in [-0.25, -0.2) is 23.1 Å². The predicted octanol–water partition coefficient (Wildman–Crippen LogP) is 2.27. The summed E-state index contributed by atoms with van der Waals surface area (Å²) < 4.78 is 27.4. The first-order chi connectivity index (χ1) is 13.0. The van der Waals surface area contributed by atoms with E-state index in [1.54, 1.807) is 24.5 Å². The molecule has 0 aliphatic carbocycles. The molecule has 10 heteroatoms. The zero-order valence-electron chi connectivity index (χ0n) is 14.7. The van der Waals surface area contributed by atoms with Crippen LogP contribution in [0.3, 0.4) is 0 Å². The van der Waals surface area contributed by atoms with E-state index in [-0.39, 0.29) is 14.9 Å². The standard InChI is InChI=1S/C17H21Cl2N5O2S/c18-14-4-1-5-15(19)16(14)27(25,26)22-8-3-9-23-10-12-24(13-11-23)17-20-6-2-7-21-17/h1-2,4-7,22H,3,8-13H2. The molecule has 1 N–H and O–H groups in total. The predicted molar refractivity (Wildman–Crippen MR) is 107 cm³/mol. The molecule has 27 heavy (non-hydrogen) atoms. The number of nitrogens with one attached hydrogen (secondary N) is 1. The number of piperazine rings is 1. The molecule has 7 nitrogen and oxygen atoms in total. The maximum atomic E-state index is 12.4. The zero-order chi connectivity index (χ0) is 19.3. The number of benzene rings is 1. The van der Waals surface area contributed by atoms with Gasteiger partial charge in [0.1, 0.15) is 4.90 Å². The molecular formula is C17H21Cl2N5O2S. The normalized spacial score (nSPS) is 15.9. The van der Waals surface area contributed by atoms with Crippen molar-refractivity contribution < 1.29 is 8.42 Å². The number of aromatic nitrogens is 2. The Morgan fingerprint density at radius 1 is 1.00 bits per heavy atom. The molecule has 0 saturated carbocycles. The molecule has 0 unspecified atom stereocenters. The third-order valence-electron chi connectivity index (χ3n) is 4.34. The van der Waals surface area contributed by atoms with Crippen LogP contribution in [0, 0.1) is 0 Å². The third-order valence-corrected chi connectivity index (χ3v) is 6.75. The van der Waals surface area contributed by atoms with E-state index in [2.05, 4.69) is 24.5 Å². The van der Waals surface area contributed by atoms with Crippen LogP contribution in [0.5, 0.6) is 0 Å². The van der Waals surface area contributed by atoms with Crippen molar-refractivity contribution in [2.24, 2.45) is 0 Å². The lowest BCUT2D eigenvalue weighted by molar-refractivity contribution is 0.254. The minimum atomic E-state index is -3.73. The summed E-state index contributed by atoms with van der Waals surface area (Å²) in [6, 6.07) is 6.44. The summed E-state index contributed by atoms with van der Waals surface area (Å²) in [5.41, 5.74) is 0. The van der Waals surface area contributed by atoms with Crippen LogP contribution >= 0.6 is 23.2 Å². The highest BCUT2D eigenvalue weighted by atomic mass is 35.5. The van der Waals surface area contributed by atoms with Crippen LogP contribution < -0.4 is 9.62 Å². The van der Waals surface area contributed by atoms with Crippen LogP contribution in [0.1, 0.15) is 6.42 Å². The van der Waals surface area contributed by atoms with Gasteiger partial charge >= 0.3 is 0 Å². The van der Waals surface area contributed by atoms with E-state index in [9.17, 15) is 8.42 Å². The van der Waals surface area contributed by atoms with Crippen molar-refractivity contribution >= 4 is 39.2 Å². The summed E-state index contributed by atoms with van der Waals surface area (Å²) in [6.45, 7) is 4.62. The fourth-order valence-corrected chi connectivity index (χ4v) is 5.16. The Hall–Kier alpha value is -1.45. The van der Waals surface area contributed by atoms with Gasteiger partial charge in [0.05, 0.1) is 10.0 Å². The van der Waals surface area contributed by atoms with Gasteiger partial charge in [0.25, 0.3) is 0 Å². The second-order valence-electron chi connectivity index (χ2n) is 6.18. The maximum absolute atomic E-state index is 12.4. The van der Waals surface area contributed by atoms with E-state index in [0.29, 0.717) is 13.0 Å². The third kappa shape index (κ3) is 5.30. The number of anilines is 1. The van der Waals surface area contributed by atoms with Crippen molar-refractivity contribution in [3.63, 3.8) is 0 Å². The maximum Gasteiger partial charge on any atom is 0.243 e. The van der Waals surface area contributed by atoms with Crippen molar-refractivity contribution in [2.45, 2.75) is 11.3 Å².